The molecule has 140 valence electrons. The molecule has 1 fully saturated rings. The summed E-state index contributed by atoms with van der Waals surface area (Å²) in [6, 6.07) is 10.5. The zero-order valence-corrected chi connectivity index (χ0v) is 15.8. The van der Waals surface area contributed by atoms with Crippen LogP contribution in [0.5, 0.6) is 0 Å². The number of piperidine rings is 1. The van der Waals surface area contributed by atoms with Gasteiger partial charge in [0.15, 0.2) is 0 Å². The summed E-state index contributed by atoms with van der Waals surface area (Å²) < 4.78 is 1.96. The number of hydrogen-bond acceptors (Lipinski definition) is 5. The molecule has 1 aliphatic rings. The summed E-state index contributed by atoms with van der Waals surface area (Å²) in [6.07, 6.45) is 5.44. The van der Waals surface area contributed by atoms with E-state index in [9.17, 15) is 4.79 Å². The Bertz CT molecular complexity index is 728. The lowest BCUT2D eigenvalue weighted by atomic mass is 9.86. The molecule has 2 aromatic rings. The maximum atomic E-state index is 12.1. The van der Waals surface area contributed by atoms with Crippen molar-refractivity contribution in [2.24, 2.45) is 11.3 Å². The van der Waals surface area contributed by atoms with Crippen molar-refractivity contribution >= 4 is 11.7 Å². The number of anilines is 1. The first kappa shape index (κ1) is 18.5. The quantitative estimate of drug-likeness (QED) is 0.910. The van der Waals surface area contributed by atoms with Crippen LogP contribution in [0.15, 0.2) is 42.7 Å². The summed E-state index contributed by atoms with van der Waals surface area (Å²) in [5.74, 6) is 0.219. The van der Waals surface area contributed by atoms with E-state index in [1.165, 1.54) is 5.56 Å². The highest BCUT2D eigenvalue weighted by atomic mass is 16.7. The van der Waals surface area contributed by atoms with Crippen molar-refractivity contribution in [1.29, 1.82) is 0 Å². The van der Waals surface area contributed by atoms with Gasteiger partial charge in [-0.3, -0.25) is 4.68 Å². The summed E-state index contributed by atoms with van der Waals surface area (Å²) in [5, 5.41) is 6.26. The topological polar surface area (TPSA) is 73.4 Å². The number of nitrogens with two attached hydrogens (primary N) is 1. The molecule has 1 aromatic heterocycles. The molecule has 6 nitrogen and oxygen atoms in total. The van der Waals surface area contributed by atoms with E-state index in [4.69, 9.17) is 10.6 Å². The molecule has 0 aliphatic carbocycles. The monoisotopic (exact) mass is 356 g/mol. The van der Waals surface area contributed by atoms with Crippen molar-refractivity contribution in [1.82, 2.24) is 14.8 Å². The van der Waals surface area contributed by atoms with Gasteiger partial charge in [-0.25, -0.2) is 4.79 Å². The number of rotatable bonds is 4. The van der Waals surface area contributed by atoms with Crippen LogP contribution in [0.2, 0.25) is 0 Å². The first-order chi connectivity index (χ1) is 12.3. The van der Waals surface area contributed by atoms with Gasteiger partial charge in [0.25, 0.3) is 0 Å². The molecule has 1 aromatic carbocycles. The number of carbonyl (C=O) groups excluding carboxylic acids is 1. The van der Waals surface area contributed by atoms with Gasteiger partial charge in [-0.1, -0.05) is 30.3 Å². The Morgan fingerprint density at radius 3 is 2.42 bits per heavy atom. The Balaban J connectivity index is 1.71. The maximum absolute atomic E-state index is 12.1. The fraction of sp³-hybridized carbons (Fsp3) is 0.500. The number of carbonyl (C=O) groups is 1. The Morgan fingerprint density at radius 1 is 1.23 bits per heavy atom. The number of benzene rings is 1. The second kappa shape index (κ2) is 7.50. The number of nitrogen functional groups attached to an aromatic ring is 1. The van der Waals surface area contributed by atoms with Crippen molar-refractivity contribution in [3.8, 4) is 0 Å². The standard InChI is InChI=1S/C20H28N4O2/c1-20(2,3)19(25)26-23-11-9-16(10-12-23)18(15-7-5-4-6-8-15)24-14-17(21)13-22-24/h4-8,13-14,16,18H,9-12,21H2,1-3H3. The first-order valence-electron chi connectivity index (χ1n) is 9.16. The van der Waals surface area contributed by atoms with Crippen LogP contribution in [0.1, 0.15) is 45.2 Å². The molecular formula is C20H28N4O2. The zero-order chi connectivity index (χ0) is 18.7. The van der Waals surface area contributed by atoms with Gasteiger partial charge in [0.1, 0.15) is 0 Å². The van der Waals surface area contributed by atoms with Crippen LogP contribution in [-0.4, -0.2) is 33.9 Å². The van der Waals surface area contributed by atoms with E-state index < -0.39 is 5.41 Å². The van der Waals surface area contributed by atoms with Gasteiger partial charge >= 0.3 is 5.97 Å². The molecule has 2 N–H and O–H groups in total. The second-order valence-electron chi connectivity index (χ2n) is 8.00. The third kappa shape index (κ3) is 4.25. The van der Waals surface area contributed by atoms with Gasteiger partial charge in [0, 0.05) is 19.3 Å². The third-order valence-electron chi connectivity index (χ3n) is 4.82. The van der Waals surface area contributed by atoms with Crippen LogP contribution in [0.3, 0.4) is 0 Å². The molecule has 1 atom stereocenters. The Morgan fingerprint density at radius 2 is 1.88 bits per heavy atom. The van der Waals surface area contributed by atoms with Gasteiger partial charge in [0.2, 0.25) is 0 Å². The summed E-state index contributed by atoms with van der Waals surface area (Å²) in [6.45, 7) is 7.07. The molecule has 0 radical (unpaired) electrons. The van der Waals surface area contributed by atoms with Gasteiger partial charge in [0.05, 0.1) is 23.3 Å². The van der Waals surface area contributed by atoms with E-state index >= 15 is 0 Å². The highest BCUT2D eigenvalue weighted by Gasteiger charge is 2.32. The van der Waals surface area contributed by atoms with Gasteiger partial charge in [-0.2, -0.15) is 5.10 Å². The molecule has 0 spiro atoms. The molecule has 0 saturated carbocycles. The van der Waals surface area contributed by atoms with Gasteiger partial charge in [-0.05, 0) is 45.1 Å². The van der Waals surface area contributed by atoms with Crippen LogP contribution < -0.4 is 5.73 Å². The molecule has 0 bridgehead atoms. The van der Waals surface area contributed by atoms with Crippen LogP contribution in [0.25, 0.3) is 0 Å². The van der Waals surface area contributed by atoms with Crippen LogP contribution in [0.4, 0.5) is 5.69 Å². The minimum Gasteiger partial charge on any atom is -0.396 e. The number of hydroxylamine groups is 2. The Labute approximate surface area is 154 Å². The predicted molar refractivity (Wildman–Crippen MR) is 101 cm³/mol. The van der Waals surface area contributed by atoms with E-state index in [0.29, 0.717) is 11.6 Å². The highest BCUT2D eigenvalue weighted by molar-refractivity contribution is 5.75. The molecule has 6 heteroatoms. The lowest BCUT2D eigenvalue weighted by Crippen LogP contribution is -2.40. The summed E-state index contributed by atoms with van der Waals surface area (Å²) in [4.78, 5) is 17.7. The summed E-state index contributed by atoms with van der Waals surface area (Å²) >= 11 is 0. The third-order valence-corrected chi connectivity index (χ3v) is 4.82. The molecule has 26 heavy (non-hydrogen) atoms. The second-order valence-corrected chi connectivity index (χ2v) is 8.00. The van der Waals surface area contributed by atoms with E-state index in [0.717, 1.165) is 25.9 Å². The average molecular weight is 356 g/mol. The normalized spacial score (nSPS) is 17.8. The van der Waals surface area contributed by atoms with Gasteiger partial charge in [-0.15, -0.1) is 5.06 Å². The first-order valence-corrected chi connectivity index (χ1v) is 9.16. The summed E-state index contributed by atoms with van der Waals surface area (Å²) in [7, 11) is 0. The molecule has 0 amide bonds. The van der Waals surface area contributed by atoms with Gasteiger partial charge < -0.3 is 10.6 Å². The molecule has 1 aliphatic heterocycles. The number of nitrogens with zero attached hydrogens (tertiary/aromatic N) is 3. The van der Waals surface area contributed by atoms with Crippen LogP contribution >= 0.6 is 0 Å². The van der Waals surface area contributed by atoms with Crippen molar-refractivity contribution in [3.05, 3.63) is 48.3 Å². The largest absolute Gasteiger partial charge is 0.396 e. The SMILES string of the molecule is CC(C)(C)C(=O)ON1CCC(C(c2ccccc2)n2cc(N)cn2)CC1. The van der Waals surface area contributed by atoms with Crippen LogP contribution in [-0.2, 0) is 9.63 Å². The van der Waals surface area contributed by atoms with E-state index in [1.807, 2.05) is 37.7 Å². The van der Waals surface area contributed by atoms with E-state index in [2.05, 4.69) is 29.4 Å². The fourth-order valence-corrected chi connectivity index (χ4v) is 3.33. The average Bonchev–Trinajstić information content (AvgIpc) is 3.03. The van der Waals surface area contributed by atoms with Crippen molar-refractivity contribution in [3.63, 3.8) is 0 Å². The number of hydrogen-bond donors (Lipinski definition) is 1. The molecule has 1 unspecified atom stereocenters. The molecule has 1 saturated heterocycles. The highest BCUT2D eigenvalue weighted by Crippen LogP contribution is 2.34. The smallest absolute Gasteiger partial charge is 0.330 e. The molecule has 3 rings (SSSR count). The zero-order valence-electron chi connectivity index (χ0n) is 15.8. The Kier molecular flexibility index (Phi) is 5.32. The summed E-state index contributed by atoms with van der Waals surface area (Å²) in [5.41, 5.74) is 7.29. The Hall–Kier alpha value is -2.34. The lowest BCUT2D eigenvalue weighted by Gasteiger charge is -2.36. The predicted octanol–water partition coefficient (Wildman–Crippen LogP) is 3.27. The lowest BCUT2D eigenvalue weighted by molar-refractivity contribution is -0.206. The van der Waals surface area contributed by atoms with Crippen molar-refractivity contribution in [2.75, 3.05) is 18.8 Å². The minimum absolute atomic E-state index is 0.133. The fourth-order valence-electron chi connectivity index (χ4n) is 3.33. The maximum Gasteiger partial charge on any atom is 0.330 e. The molecule has 2 heterocycles. The van der Waals surface area contributed by atoms with E-state index in [1.54, 1.807) is 11.3 Å². The molecular weight excluding hydrogens is 328 g/mol. The van der Waals surface area contributed by atoms with Crippen molar-refractivity contribution in [2.45, 2.75) is 39.7 Å². The van der Waals surface area contributed by atoms with Crippen LogP contribution in [0, 0.1) is 11.3 Å². The van der Waals surface area contributed by atoms with Crippen molar-refractivity contribution < 1.29 is 9.63 Å². The minimum atomic E-state index is -0.490. The van der Waals surface area contributed by atoms with E-state index in [-0.39, 0.29) is 12.0 Å². The number of aromatic nitrogens is 2.